The molecule has 0 unspecified atom stereocenters. The smallest absolute Gasteiger partial charge is 0.240 e. The Hall–Kier alpha value is -2.82. The summed E-state index contributed by atoms with van der Waals surface area (Å²) >= 11 is 0. The fourth-order valence-corrected chi connectivity index (χ4v) is 2.34. The molecule has 0 aromatic heterocycles. The van der Waals surface area contributed by atoms with E-state index in [0.29, 0.717) is 6.42 Å². The Kier molecular flexibility index (Phi) is 7.01. The van der Waals surface area contributed by atoms with Crippen molar-refractivity contribution in [2.45, 2.75) is 19.3 Å². The number of carbonyl (C=O) groups is 1. The lowest BCUT2D eigenvalue weighted by atomic mass is 10.1. The second-order valence-electron chi connectivity index (χ2n) is 5.98. The predicted octanol–water partition coefficient (Wildman–Crippen LogP) is 3.23. The van der Waals surface area contributed by atoms with Crippen LogP contribution in [-0.4, -0.2) is 33.3 Å². The van der Waals surface area contributed by atoms with Gasteiger partial charge in [-0.05, 0) is 48.2 Å². The number of hydrogen-bond acceptors (Lipinski definition) is 4. The Morgan fingerprint density at radius 2 is 1.80 bits per heavy atom. The Morgan fingerprint density at radius 3 is 2.40 bits per heavy atom. The molecule has 5 heteroatoms. The van der Waals surface area contributed by atoms with Gasteiger partial charge in [0.15, 0.2) is 0 Å². The van der Waals surface area contributed by atoms with Crippen LogP contribution in [0.1, 0.15) is 24.0 Å². The number of hydrazone groups is 1. The normalized spacial score (nSPS) is 10.7. The molecule has 0 aliphatic rings. The van der Waals surface area contributed by atoms with Gasteiger partial charge in [-0.2, -0.15) is 5.10 Å². The van der Waals surface area contributed by atoms with E-state index < -0.39 is 0 Å². The molecule has 25 heavy (non-hydrogen) atoms. The molecule has 0 aliphatic carbocycles. The van der Waals surface area contributed by atoms with E-state index in [2.05, 4.69) is 10.5 Å². The fourth-order valence-electron chi connectivity index (χ4n) is 2.34. The molecule has 132 valence electrons. The van der Waals surface area contributed by atoms with Crippen molar-refractivity contribution in [1.29, 1.82) is 0 Å². The first-order chi connectivity index (χ1) is 12.1. The Morgan fingerprint density at radius 1 is 1.12 bits per heavy atom. The van der Waals surface area contributed by atoms with Gasteiger partial charge in [0.2, 0.25) is 5.91 Å². The van der Waals surface area contributed by atoms with Gasteiger partial charge < -0.3 is 9.64 Å². The number of aryl methyl sites for hydroxylation is 1. The summed E-state index contributed by atoms with van der Waals surface area (Å²) in [5.41, 5.74) is 5.84. The standard InChI is InChI=1S/C20H25N3O2/c1-23(2)18-11-7-17(8-12-18)15-21-22-20(24)6-4-5-16-9-13-19(25-3)14-10-16/h7-15H,4-6H2,1-3H3,(H,22,24)/b21-15-. The summed E-state index contributed by atoms with van der Waals surface area (Å²) in [5, 5.41) is 4.01. The van der Waals surface area contributed by atoms with Gasteiger partial charge in [-0.3, -0.25) is 4.79 Å². The van der Waals surface area contributed by atoms with Crippen molar-refractivity contribution < 1.29 is 9.53 Å². The summed E-state index contributed by atoms with van der Waals surface area (Å²) in [4.78, 5) is 13.8. The molecule has 0 atom stereocenters. The van der Waals surface area contributed by atoms with Gasteiger partial charge in [-0.15, -0.1) is 0 Å². The number of hydrogen-bond donors (Lipinski definition) is 1. The second kappa shape index (κ2) is 9.47. The maximum atomic E-state index is 11.8. The molecule has 0 saturated carbocycles. The molecule has 1 N–H and O–H groups in total. The molecule has 0 heterocycles. The topological polar surface area (TPSA) is 53.9 Å². The van der Waals surface area contributed by atoms with Gasteiger partial charge in [0.05, 0.1) is 13.3 Å². The highest BCUT2D eigenvalue weighted by Crippen LogP contribution is 2.13. The minimum atomic E-state index is -0.0744. The van der Waals surface area contributed by atoms with Crippen LogP contribution < -0.4 is 15.1 Å². The average molecular weight is 339 g/mol. The van der Waals surface area contributed by atoms with Gasteiger partial charge in [-0.25, -0.2) is 5.43 Å². The van der Waals surface area contributed by atoms with E-state index in [1.54, 1.807) is 13.3 Å². The number of methoxy groups -OCH3 is 1. The Bertz CT molecular complexity index is 692. The third-order valence-electron chi connectivity index (χ3n) is 3.84. The van der Waals surface area contributed by atoms with E-state index in [9.17, 15) is 4.79 Å². The molecule has 0 spiro atoms. The lowest BCUT2D eigenvalue weighted by Gasteiger charge is -2.11. The largest absolute Gasteiger partial charge is 0.497 e. The zero-order chi connectivity index (χ0) is 18.1. The molecule has 0 fully saturated rings. The van der Waals surface area contributed by atoms with E-state index in [4.69, 9.17) is 4.74 Å². The average Bonchev–Trinajstić information content (AvgIpc) is 2.63. The second-order valence-corrected chi connectivity index (χ2v) is 5.98. The Balaban J connectivity index is 1.70. The van der Waals surface area contributed by atoms with Crippen LogP contribution in [0.2, 0.25) is 0 Å². The number of nitrogens with one attached hydrogen (secondary N) is 1. The van der Waals surface area contributed by atoms with Crippen LogP contribution in [0.25, 0.3) is 0 Å². The van der Waals surface area contributed by atoms with Crippen LogP contribution in [-0.2, 0) is 11.2 Å². The zero-order valence-corrected chi connectivity index (χ0v) is 15.0. The molecular formula is C20H25N3O2. The third-order valence-corrected chi connectivity index (χ3v) is 3.84. The minimum absolute atomic E-state index is 0.0744. The number of ether oxygens (including phenoxy) is 1. The third kappa shape index (κ3) is 6.30. The predicted molar refractivity (Wildman–Crippen MR) is 102 cm³/mol. The highest BCUT2D eigenvalue weighted by atomic mass is 16.5. The van der Waals surface area contributed by atoms with E-state index in [1.807, 2.05) is 67.5 Å². The molecule has 2 aromatic carbocycles. The molecule has 2 rings (SSSR count). The van der Waals surface area contributed by atoms with Crippen molar-refractivity contribution in [3.8, 4) is 5.75 Å². The SMILES string of the molecule is COc1ccc(CCCC(=O)N/N=C\c2ccc(N(C)C)cc2)cc1. The number of amides is 1. The molecule has 5 nitrogen and oxygen atoms in total. The van der Waals surface area contributed by atoms with Crippen molar-refractivity contribution in [2.24, 2.45) is 5.10 Å². The van der Waals surface area contributed by atoms with Crippen LogP contribution >= 0.6 is 0 Å². The Labute approximate surface area is 149 Å². The molecular weight excluding hydrogens is 314 g/mol. The van der Waals surface area contributed by atoms with Crippen LogP contribution in [0.3, 0.4) is 0 Å². The monoisotopic (exact) mass is 339 g/mol. The van der Waals surface area contributed by atoms with Gasteiger partial charge in [0, 0.05) is 26.2 Å². The quantitative estimate of drug-likeness (QED) is 0.593. The number of benzene rings is 2. The highest BCUT2D eigenvalue weighted by Gasteiger charge is 2.01. The lowest BCUT2D eigenvalue weighted by Crippen LogP contribution is -2.17. The summed E-state index contributed by atoms with van der Waals surface area (Å²) in [6, 6.07) is 15.9. The zero-order valence-electron chi connectivity index (χ0n) is 15.0. The summed E-state index contributed by atoms with van der Waals surface area (Å²) < 4.78 is 5.13. The molecule has 1 amide bonds. The molecule has 0 aliphatic heterocycles. The molecule has 0 saturated heterocycles. The highest BCUT2D eigenvalue weighted by molar-refractivity contribution is 5.82. The van der Waals surface area contributed by atoms with Gasteiger partial charge in [0.1, 0.15) is 5.75 Å². The fraction of sp³-hybridized carbons (Fsp3) is 0.300. The lowest BCUT2D eigenvalue weighted by molar-refractivity contribution is -0.121. The van der Waals surface area contributed by atoms with Crippen molar-refractivity contribution in [2.75, 3.05) is 26.1 Å². The van der Waals surface area contributed by atoms with Crippen molar-refractivity contribution in [3.05, 3.63) is 59.7 Å². The number of nitrogens with zero attached hydrogens (tertiary/aromatic N) is 2. The first kappa shape index (κ1) is 18.5. The summed E-state index contributed by atoms with van der Waals surface area (Å²) in [6.45, 7) is 0. The van der Waals surface area contributed by atoms with Gasteiger partial charge in [-0.1, -0.05) is 24.3 Å². The van der Waals surface area contributed by atoms with E-state index in [0.717, 1.165) is 29.8 Å². The van der Waals surface area contributed by atoms with Crippen LogP contribution in [0.5, 0.6) is 5.75 Å². The van der Waals surface area contributed by atoms with Crippen LogP contribution in [0.4, 0.5) is 5.69 Å². The first-order valence-corrected chi connectivity index (χ1v) is 8.30. The van der Waals surface area contributed by atoms with Crippen molar-refractivity contribution >= 4 is 17.8 Å². The maximum absolute atomic E-state index is 11.8. The summed E-state index contributed by atoms with van der Waals surface area (Å²) in [5.74, 6) is 0.768. The van der Waals surface area contributed by atoms with Crippen molar-refractivity contribution in [1.82, 2.24) is 5.43 Å². The van der Waals surface area contributed by atoms with Crippen LogP contribution in [0, 0.1) is 0 Å². The number of rotatable bonds is 8. The van der Waals surface area contributed by atoms with E-state index >= 15 is 0 Å². The van der Waals surface area contributed by atoms with Gasteiger partial charge in [0.25, 0.3) is 0 Å². The molecule has 0 bridgehead atoms. The van der Waals surface area contributed by atoms with Crippen molar-refractivity contribution in [3.63, 3.8) is 0 Å². The van der Waals surface area contributed by atoms with Gasteiger partial charge >= 0.3 is 0 Å². The number of anilines is 1. The maximum Gasteiger partial charge on any atom is 0.240 e. The molecule has 0 radical (unpaired) electrons. The van der Waals surface area contributed by atoms with E-state index in [1.165, 1.54) is 5.56 Å². The summed E-state index contributed by atoms with van der Waals surface area (Å²) in [6.07, 6.45) is 3.74. The number of carbonyl (C=O) groups excluding carboxylic acids is 1. The molecule has 2 aromatic rings. The summed E-state index contributed by atoms with van der Waals surface area (Å²) in [7, 11) is 5.64. The van der Waals surface area contributed by atoms with Crippen LogP contribution in [0.15, 0.2) is 53.6 Å². The minimum Gasteiger partial charge on any atom is -0.497 e. The van der Waals surface area contributed by atoms with E-state index in [-0.39, 0.29) is 5.91 Å². The first-order valence-electron chi connectivity index (χ1n) is 8.30.